The topological polar surface area (TPSA) is 96.6 Å². The molecular weight excluding hydrogens is 404 g/mol. The van der Waals surface area contributed by atoms with Crippen LogP contribution >= 0.6 is 0 Å². The molecule has 158 valence electrons. The van der Waals surface area contributed by atoms with Gasteiger partial charge in [0, 0.05) is 19.7 Å². The second kappa shape index (κ2) is 8.76. The maximum atomic E-state index is 12.7. The fourth-order valence-electron chi connectivity index (χ4n) is 2.80. The Morgan fingerprint density at radius 1 is 1.03 bits per heavy atom. The molecule has 0 fully saturated rings. The fraction of sp³-hybridized carbons (Fsp3) is 0.286. The number of carbonyl (C=O) groups excluding carboxylic acids is 1. The van der Waals surface area contributed by atoms with Crippen LogP contribution in [0.3, 0.4) is 0 Å². The van der Waals surface area contributed by atoms with Crippen LogP contribution in [0.4, 0.5) is 0 Å². The standard InChI is InChI=1S/C21H24N4O4S/c1-15-8-10-18(11-9-15)30(27,28)25(4)14-20(26)24(3)13-19-22-21(23-29-19)17-7-5-6-16(2)12-17/h5-12H,13-14H2,1-4H3. The van der Waals surface area contributed by atoms with Gasteiger partial charge in [0.05, 0.1) is 18.0 Å². The normalized spacial score (nSPS) is 11.6. The number of hydrogen-bond donors (Lipinski definition) is 0. The van der Waals surface area contributed by atoms with E-state index in [9.17, 15) is 13.2 Å². The summed E-state index contributed by atoms with van der Waals surface area (Å²) in [6.07, 6.45) is 0. The van der Waals surface area contributed by atoms with Gasteiger partial charge in [-0.05, 0) is 32.0 Å². The van der Waals surface area contributed by atoms with Crippen LogP contribution in [0.5, 0.6) is 0 Å². The molecule has 8 nitrogen and oxygen atoms in total. The van der Waals surface area contributed by atoms with E-state index in [1.165, 1.54) is 24.1 Å². The van der Waals surface area contributed by atoms with Crippen LogP contribution in [0.25, 0.3) is 11.4 Å². The van der Waals surface area contributed by atoms with Crippen LogP contribution in [0.15, 0.2) is 57.9 Å². The average Bonchev–Trinajstić information content (AvgIpc) is 3.16. The highest BCUT2D eigenvalue weighted by Crippen LogP contribution is 2.18. The Kier molecular flexibility index (Phi) is 6.33. The predicted octanol–water partition coefficient (Wildman–Crippen LogP) is 2.63. The van der Waals surface area contributed by atoms with Crippen molar-refractivity contribution in [3.63, 3.8) is 0 Å². The van der Waals surface area contributed by atoms with E-state index in [1.807, 2.05) is 38.1 Å². The number of likely N-dealkylation sites (N-methyl/N-ethyl adjacent to an activating group) is 2. The quantitative estimate of drug-likeness (QED) is 0.574. The van der Waals surface area contributed by atoms with Crippen molar-refractivity contribution in [2.45, 2.75) is 25.3 Å². The van der Waals surface area contributed by atoms with Crippen molar-refractivity contribution in [2.24, 2.45) is 0 Å². The molecule has 1 amide bonds. The maximum Gasteiger partial charge on any atom is 0.246 e. The molecule has 30 heavy (non-hydrogen) atoms. The van der Waals surface area contributed by atoms with Crippen molar-refractivity contribution < 1.29 is 17.7 Å². The molecule has 0 saturated carbocycles. The Balaban J connectivity index is 1.64. The molecule has 9 heteroatoms. The Bertz CT molecular complexity index is 1140. The molecule has 0 aliphatic rings. The summed E-state index contributed by atoms with van der Waals surface area (Å²) in [6, 6.07) is 14.2. The summed E-state index contributed by atoms with van der Waals surface area (Å²) >= 11 is 0. The fourth-order valence-corrected chi connectivity index (χ4v) is 3.92. The van der Waals surface area contributed by atoms with E-state index >= 15 is 0 Å². The molecule has 1 aromatic heterocycles. The van der Waals surface area contributed by atoms with Gasteiger partial charge >= 0.3 is 0 Å². The molecule has 3 rings (SSSR count). The van der Waals surface area contributed by atoms with Gasteiger partial charge in [-0.2, -0.15) is 9.29 Å². The summed E-state index contributed by atoms with van der Waals surface area (Å²) in [7, 11) is -0.820. The van der Waals surface area contributed by atoms with Crippen molar-refractivity contribution >= 4 is 15.9 Å². The molecule has 0 unspecified atom stereocenters. The van der Waals surface area contributed by atoms with Crippen LogP contribution in [0.1, 0.15) is 17.0 Å². The van der Waals surface area contributed by atoms with E-state index in [1.54, 1.807) is 19.2 Å². The number of carbonyl (C=O) groups is 1. The van der Waals surface area contributed by atoms with E-state index in [2.05, 4.69) is 10.1 Å². The number of nitrogens with zero attached hydrogens (tertiary/aromatic N) is 4. The number of hydrogen-bond acceptors (Lipinski definition) is 6. The van der Waals surface area contributed by atoms with Gasteiger partial charge in [0.1, 0.15) is 0 Å². The number of aromatic nitrogens is 2. The lowest BCUT2D eigenvalue weighted by molar-refractivity contribution is -0.130. The molecule has 0 N–H and O–H groups in total. The van der Waals surface area contributed by atoms with Crippen molar-refractivity contribution in [3.8, 4) is 11.4 Å². The van der Waals surface area contributed by atoms with Gasteiger partial charge in [0.2, 0.25) is 27.6 Å². The van der Waals surface area contributed by atoms with Gasteiger partial charge in [0.25, 0.3) is 0 Å². The maximum absolute atomic E-state index is 12.7. The molecular formula is C21H24N4O4S. The first kappa shape index (κ1) is 21.7. The molecule has 0 bridgehead atoms. The Morgan fingerprint density at radius 3 is 2.40 bits per heavy atom. The molecule has 0 aliphatic heterocycles. The summed E-state index contributed by atoms with van der Waals surface area (Å²) in [6.45, 7) is 3.63. The highest BCUT2D eigenvalue weighted by molar-refractivity contribution is 7.89. The average molecular weight is 429 g/mol. The minimum Gasteiger partial charge on any atom is -0.337 e. The lowest BCUT2D eigenvalue weighted by Crippen LogP contribution is -2.39. The lowest BCUT2D eigenvalue weighted by Gasteiger charge is -2.20. The molecule has 3 aromatic rings. The van der Waals surface area contributed by atoms with Crippen molar-refractivity contribution in [1.82, 2.24) is 19.3 Å². The summed E-state index contributed by atoms with van der Waals surface area (Å²) < 4.78 is 31.6. The number of sulfonamides is 1. The van der Waals surface area contributed by atoms with Crippen LogP contribution in [-0.4, -0.2) is 54.3 Å². The monoisotopic (exact) mass is 428 g/mol. The highest BCUT2D eigenvalue weighted by atomic mass is 32.2. The summed E-state index contributed by atoms with van der Waals surface area (Å²) in [5, 5.41) is 3.96. The third-order valence-corrected chi connectivity index (χ3v) is 6.45. The van der Waals surface area contributed by atoms with E-state index in [0.717, 1.165) is 21.0 Å². The lowest BCUT2D eigenvalue weighted by atomic mass is 10.1. The SMILES string of the molecule is Cc1ccc(S(=O)(=O)N(C)CC(=O)N(C)Cc2nc(-c3cccc(C)c3)no2)cc1. The van der Waals surface area contributed by atoms with Crippen molar-refractivity contribution in [1.29, 1.82) is 0 Å². The van der Waals surface area contributed by atoms with Crippen LogP contribution in [0.2, 0.25) is 0 Å². The van der Waals surface area contributed by atoms with Crippen LogP contribution in [0, 0.1) is 13.8 Å². The minimum absolute atomic E-state index is 0.0794. The zero-order valence-corrected chi connectivity index (χ0v) is 18.2. The van der Waals surface area contributed by atoms with Gasteiger partial charge in [-0.1, -0.05) is 46.6 Å². The second-order valence-electron chi connectivity index (χ2n) is 7.21. The molecule has 0 saturated heterocycles. The highest BCUT2D eigenvalue weighted by Gasteiger charge is 2.25. The first-order valence-corrected chi connectivity index (χ1v) is 10.8. The van der Waals surface area contributed by atoms with Gasteiger partial charge in [0.15, 0.2) is 0 Å². The molecule has 0 atom stereocenters. The molecule has 0 radical (unpaired) electrons. The number of aryl methyl sites for hydroxylation is 2. The zero-order chi connectivity index (χ0) is 21.9. The summed E-state index contributed by atoms with van der Waals surface area (Å²) in [4.78, 5) is 18.4. The second-order valence-corrected chi connectivity index (χ2v) is 9.25. The van der Waals surface area contributed by atoms with Gasteiger partial charge < -0.3 is 9.42 Å². The molecule has 2 aromatic carbocycles. The summed E-state index contributed by atoms with van der Waals surface area (Å²) in [5.41, 5.74) is 2.85. The van der Waals surface area contributed by atoms with E-state index in [0.29, 0.717) is 5.82 Å². The van der Waals surface area contributed by atoms with E-state index in [-0.39, 0.29) is 29.8 Å². The molecule has 1 heterocycles. The Morgan fingerprint density at radius 2 is 1.73 bits per heavy atom. The van der Waals surface area contributed by atoms with Gasteiger partial charge in [-0.3, -0.25) is 4.79 Å². The number of rotatable bonds is 7. The third kappa shape index (κ3) is 4.92. The molecule has 0 aliphatic carbocycles. The first-order valence-electron chi connectivity index (χ1n) is 9.33. The number of benzene rings is 2. The van der Waals surface area contributed by atoms with Crippen LogP contribution in [-0.2, 0) is 21.4 Å². The van der Waals surface area contributed by atoms with E-state index < -0.39 is 10.0 Å². The van der Waals surface area contributed by atoms with Gasteiger partial charge in [-0.15, -0.1) is 0 Å². The Hall–Kier alpha value is -3.04. The van der Waals surface area contributed by atoms with Crippen LogP contribution < -0.4 is 0 Å². The largest absolute Gasteiger partial charge is 0.337 e. The van der Waals surface area contributed by atoms with Crippen molar-refractivity contribution in [2.75, 3.05) is 20.6 Å². The third-order valence-electron chi connectivity index (χ3n) is 4.63. The predicted molar refractivity (Wildman–Crippen MR) is 112 cm³/mol. The van der Waals surface area contributed by atoms with Gasteiger partial charge in [-0.25, -0.2) is 8.42 Å². The van der Waals surface area contributed by atoms with Crippen molar-refractivity contribution in [3.05, 3.63) is 65.5 Å². The summed E-state index contributed by atoms with van der Waals surface area (Å²) in [5.74, 6) is 0.323. The molecule has 0 spiro atoms. The smallest absolute Gasteiger partial charge is 0.246 e. The van der Waals surface area contributed by atoms with E-state index in [4.69, 9.17) is 4.52 Å². The zero-order valence-electron chi connectivity index (χ0n) is 17.4. The Labute approximate surface area is 176 Å². The first-order chi connectivity index (χ1) is 14.2. The minimum atomic E-state index is -3.76. The number of amides is 1.